The zero-order chi connectivity index (χ0) is 10.8. The number of hydrogen-bond acceptors (Lipinski definition) is 3. The number of fused-ring (bicyclic) bond motifs is 1. The zero-order valence-electron chi connectivity index (χ0n) is 9.08. The largest absolute Gasteiger partial charge is 0.245 e. The lowest BCUT2D eigenvalue weighted by molar-refractivity contribution is 0.491. The van der Waals surface area contributed by atoms with Gasteiger partial charge in [0.15, 0.2) is 0 Å². The molecule has 0 spiro atoms. The van der Waals surface area contributed by atoms with Gasteiger partial charge in [0, 0.05) is 5.69 Å². The Kier molecular flexibility index (Phi) is 2.97. The monoisotopic (exact) mass is 218 g/mol. The Bertz CT molecular complexity index is 420. The molecule has 1 unspecified atom stereocenters. The lowest BCUT2D eigenvalue weighted by Gasteiger charge is -2.21. The van der Waals surface area contributed by atoms with Gasteiger partial charge in [0.05, 0.1) is 5.56 Å². The maximum atomic E-state index is 9.01. The summed E-state index contributed by atoms with van der Waals surface area (Å²) in [5.74, 6) is 0.728. The average molecular weight is 218 g/mol. The normalized spacial score (nSPS) is 19.4. The third kappa shape index (κ3) is 2.00. The van der Waals surface area contributed by atoms with E-state index in [2.05, 4.69) is 18.0 Å². The van der Waals surface area contributed by atoms with Crippen LogP contribution in [0.1, 0.15) is 30.2 Å². The van der Waals surface area contributed by atoms with Crippen LogP contribution in [0.15, 0.2) is 11.1 Å². The van der Waals surface area contributed by atoms with E-state index in [0.29, 0.717) is 0 Å². The Morgan fingerprint density at radius 3 is 3.07 bits per heavy atom. The van der Waals surface area contributed by atoms with Gasteiger partial charge in [-0.2, -0.15) is 5.26 Å². The molecular weight excluding hydrogens is 204 g/mol. The number of aromatic nitrogens is 1. The molecule has 1 heterocycles. The molecule has 1 aromatic rings. The van der Waals surface area contributed by atoms with Gasteiger partial charge in [-0.1, -0.05) is 6.92 Å². The van der Waals surface area contributed by atoms with Crippen LogP contribution >= 0.6 is 11.8 Å². The highest BCUT2D eigenvalue weighted by atomic mass is 32.2. The third-order valence-electron chi connectivity index (χ3n) is 2.91. The topological polar surface area (TPSA) is 36.7 Å². The van der Waals surface area contributed by atoms with Crippen LogP contribution in [0.25, 0.3) is 0 Å². The molecule has 0 aromatic carbocycles. The van der Waals surface area contributed by atoms with Crippen molar-refractivity contribution in [2.24, 2.45) is 5.92 Å². The number of rotatable bonds is 1. The standard InChI is InChI=1S/C12H14N2S/c1-8-3-4-11-9(5-8)6-10(7-13)12(14-11)15-2/h6,8H,3-5H2,1-2H3. The molecule has 1 aliphatic carbocycles. The lowest BCUT2D eigenvalue weighted by atomic mass is 9.87. The van der Waals surface area contributed by atoms with Gasteiger partial charge in [0.2, 0.25) is 0 Å². The molecule has 0 saturated carbocycles. The van der Waals surface area contributed by atoms with Crippen molar-refractivity contribution in [1.29, 1.82) is 5.26 Å². The summed E-state index contributed by atoms with van der Waals surface area (Å²) in [4.78, 5) is 4.58. The van der Waals surface area contributed by atoms with Gasteiger partial charge in [-0.25, -0.2) is 4.98 Å². The van der Waals surface area contributed by atoms with Crippen molar-refractivity contribution in [2.75, 3.05) is 6.26 Å². The van der Waals surface area contributed by atoms with E-state index in [4.69, 9.17) is 5.26 Å². The van der Waals surface area contributed by atoms with Crippen molar-refractivity contribution in [2.45, 2.75) is 31.2 Å². The zero-order valence-corrected chi connectivity index (χ0v) is 9.90. The van der Waals surface area contributed by atoms with E-state index in [1.807, 2.05) is 12.3 Å². The number of hydrogen-bond donors (Lipinski definition) is 0. The Hall–Kier alpha value is -1.01. The molecule has 0 radical (unpaired) electrons. The van der Waals surface area contributed by atoms with E-state index in [9.17, 15) is 0 Å². The minimum atomic E-state index is 0.728. The summed E-state index contributed by atoms with van der Waals surface area (Å²) in [5, 5.41) is 9.89. The molecule has 1 atom stereocenters. The Labute approximate surface area is 94.7 Å². The highest BCUT2D eigenvalue weighted by Crippen LogP contribution is 2.28. The predicted octanol–water partition coefficient (Wildman–Crippen LogP) is 2.80. The molecule has 0 saturated heterocycles. The summed E-state index contributed by atoms with van der Waals surface area (Å²) in [6, 6.07) is 4.26. The molecule has 15 heavy (non-hydrogen) atoms. The fourth-order valence-electron chi connectivity index (χ4n) is 2.06. The van der Waals surface area contributed by atoms with Crippen LogP contribution in [-0.4, -0.2) is 11.2 Å². The molecule has 2 nitrogen and oxygen atoms in total. The second kappa shape index (κ2) is 4.24. The number of pyridine rings is 1. The predicted molar refractivity (Wildman–Crippen MR) is 61.9 cm³/mol. The molecule has 3 heteroatoms. The first-order valence-corrected chi connectivity index (χ1v) is 6.44. The molecule has 0 N–H and O–H groups in total. The first-order valence-electron chi connectivity index (χ1n) is 5.21. The molecule has 1 aliphatic rings. The van der Waals surface area contributed by atoms with Crippen molar-refractivity contribution in [3.05, 3.63) is 22.9 Å². The molecule has 2 rings (SSSR count). The van der Waals surface area contributed by atoms with Crippen LogP contribution in [0.3, 0.4) is 0 Å². The van der Waals surface area contributed by atoms with Crippen LogP contribution in [-0.2, 0) is 12.8 Å². The summed E-state index contributed by atoms with van der Waals surface area (Å²) in [6.07, 6.45) is 5.34. The molecule has 0 fully saturated rings. The van der Waals surface area contributed by atoms with E-state index in [1.54, 1.807) is 11.8 Å². The van der Waals surface area contributed by atoms with Crippen LogP contribution < -0.4 is 0 Å². The van der Waals surface area contributed by atoms with Gasteiger partial charge in [0.1, 0.15) is 11.1 Å². The van der Waals surface area contributed by atoms with E-state index in [-0.39, 0.29) is 0 Å². The van der Waals surface area contributed by atoms with Crippen molar-refractivity contribution in [1.82, 2.24) is 4.98 Å². The van der Waals surface area contributed by atoms with Crippen molar-refractivity contribution in [3.63, 3.8) is 0 Å². The number of nitriles is 1. The minimum Gasteiger partial charge on any atom is -0.245 e. The summed E-state index contributed by atoms with van der Waals surface area (Å²) in [6.45, 7) is 2.26. The fraction of sp³-hybridized carbons (Fsp3) is 0.500. The fourth-order valence-corrected chi connectivity index (χ4v) is 2.59. The van der Waals surface area contributed by atoms with Gasteiger partial charge >= 0.3 is 0 Å². The molecule has 1 aromatic heterocycles. The molecule has 0 aliphatic heterocycles. The van der Waals surface area contributed by atoms with Crippen LogP contribution in [0.4, 0.5) is 0 Å². The molecule has 0 amide bonds. The van der Waals surface area contributed by atoms with Crippen LogP contribution in [0.2, 0.25) is 0 Å². The highest BCUT2D eigenvalue weighted by molar-refractivity contribution is 7.98. The van der Waals surface area contributed by atoms with Gasteiger partial charge in [-0.3, -0.25) is 0 Å². The Morgan fingerprint density at radius 1 is 1.60 bits per heavy atom. The van der Waals surface area contributed by atoms with Gasteiger partial charge < -0.3 is 0 Å². The second-order valence-corrected chi connectivity index (χ2v) is 4.91. The Balaban J connectivity index is 2.46. The quantitative estimate of drug-likeness (QED) is 0.680. The summed E-state index contributed by atoms with van der Waals surface area (Å²) in [7, 11) is 0. The lowest BCUT2D eigenvalue weighted by Crippen LogP contribution is -2.13. The molecule has 78 valence electrons. The summed E-state index contributed by atoms with van der Waals surface area (Å²) >= 11 is 1.56. The maximum Gasteiger partial charge on any atom is 0.114 e. The number of thioether (sulfide) groups is 1. The van der Waals surface area contributed by atoms with Crippen LogP contribution in [0, 0.1) is 17.2 Å². The first-order chi connectivity index (χ1) is 7.24. The molecular formula is C12H14N2S. The smallest absolute Gasteiger partial charge is 0.114 e. The first kappa shape index (κ1) is 10.5. The Morgan fingerprint density at radius 2 is 2.40 bits per heavy atom. The van der Waals surface area contributed by atoms with Crippen molar-refractivity contribution in [3.8, 4) is 6.07 Å². The average Bonchev–Trinajstić information content (AvgIpc) is 2.27. The third-order valence-corrected chi connectivity index (χ3v) is 3.61. The van der Waals surface area contributed by atoms with E-state index in [1.165, 1.54) is 17.7 Å². The molecule has 0 bridgehead atoms. The summed E-state index contributed by atoms with van der Waals surface area (Å²) in [5.41, 5.74) is 3.22. The highest BCUT2D eigenvalue weighted by Gasteiger charge is 2.18. The van der Waals surface area contributed by atoms with Gasteiger partial charge in [-0.05, 0) is 43.1 Å². The number of nitrogens with zero attached hydrogens (tertiary/aromatic N) is 2. The van der Waals surface area contributed by atoms with Gasteiger partial charge in [-0.15, -0.1) is 11.8 Å². The second-order valence-electron chi connectivity index (χ2n) is 4.11. The van der Waals surface area contributed by atoms with E-state index < -0.39 is 0 Å². The SMILES string of the molecule is CSc1nc2c(cc1C#N)CC(C)CC2. The van der Waals surface area contributed by atoms with E-state index >= 15 is 0 Å². The minimum absolute atomic E-state index is 0.728. The maximum absolute atomic E-state index is 9.01. The van der Waals surface area contributed by atoms with Crippen molar-refractivity contribution < 1.29 is 0 Å². The van der Waals surface area contributed by atoms with Crippen LogP contribution in [0.5, 0.6) is 0 Å². The van der Waals surface area contributed by atoms with E-state index in [0.717, 1.165) is 29.3 Å². The van der Waals surface area contributed by atoms with Gasteiger partial charge in [0.25, 0.3) is 0 Å². The van der Waals surface area contributed by atoms with Crippen molar-refractivity contribution >= 4 is 11.8 Å². The number of aryl methyl sites for hydroxylation is 1. The summed E-state index contributed by atoms with van der Waals surface area (Å²) < 4.78 is 0.